The summed E-state index contributed by atoms with van der Waals surface area (Å²) in [6.45, 7) is 6.47. The lowest BCUT2D eigenvalue weighted by Gasteiger charge is -2.21. The van der Waals surface area contributed by atoms with E-state index in [1.54, 1.807) is 0 Å². The van der Waals surface area contributed by atoms with Gasteiger partial charge in [-0.25, -0.2) is 0 Å². The molecule has 0 amide bonds. The molecule has 0 aliphatic heterocycles. The lowest BCUT2D eigenvalue weighted by atomic mass is 9.86. The number of benzene rings is 1. The Bertz CT molecular complexity index is 259. The lowest BCUT2D eigenvalue weighted by Crippen LogP contribution is -2.19. The Labute approximate surface area is 80.4 Å². The molecule has 0 bridgehead atoms. The van der Waals surface area contributed by atoms with E-state index in [-0.39, 0.29) is 12.0 Å². The maximum Gasteiger partial charge on any atom is 0.0485 e. The van der Waals surface area contributed by atoms with E-state index in [0.717, 1.165) is 6.42 Å². The van der Waals surface area contributed by atoms with Crippen molar-refractivity contribution in [3.05, 3.63) is 35.4 Å². The number of hydrogen-bond acceptors (Lipinski definition) is 1. The van der Waals surface area contributed by atoms with Gasteiger partial charge in [0, 0.05) is 6.61 Å². The summed E-state index contributed by atoms with van der Waals surface area (Å²) in [6.07, 6.45) is 0.934. The molecule has 0 saturated heterocycles. The minimum atomic E-state index is -0.00470. The second-order valence-electron chi connectivity index (χ2n) is 4.48. The van der Waals surface area contributed by atoms with E-state index in [4.69, 9.17) is 5.11 Å². The second kappa shape index (κ2) is 3.93. The average molecular weight is 178 g/mol. The molecular weight excluding hydrogens is 160 g/mol. The molecule has 1 nitrogen and oxygen atoms in total. The van der Waals surface area contributed by atoms with Crippen molar-refractivity contribution in [2.75, 3.05) is 6.61 Å². The van der Waals surface area contributed by atoms with Crippen LogP contribution in [0.2, 0.25) is 0 Å². The van der Waals surface area contributed by atoms with Crippen LogP contribution in [0, 0.1) is 12.3 Å². The van der Waals surface area contributed by atoms with Crippen molar-refractivity contribution in [3.63, 3.8) is 0 Å². The van der Waals surface area contributed by atoms with Crippen molar-refractivity contribution in [3.8, 4) is 0 Å². The van der Waals surface area contributed by atoms with Gasteiger partial charge >= 0.3 is 0 Å². The molecule has 0 spiro atoms. The molecule has 0 atom stereocenters. The molecule has 1 N–H and O–H groups in total. The monoisotopic (exact) mass is 178 g/mol. The first-order valence-electron chi connectivity index (χ1n) is 4.70. The largest absolute Gasteiger partial charge is 0.396 e. The smallest absolute Gasteiger partial charge is 0.0485 e. The van der Waals surface area contributed by atoms with E-state index in [2.05, 4.69) is 45.0 Å². The summed E-state index contributed by atoms with van der Waals surface area (Å²) in [7, 11) is 0. The highest BCUT2D eigenvalue weighted by atomic mass is 16.3. The van der Waals surface area contributed by atoms with E-state index in [9.17, 15) is 0 Å². The van der Waals surface area contributed by atoms with Crippen LogP contribution in [0.15, 0.2) is 24.3 Å². The summed E-state index contributed by atoms with van der Waals surface area (Å²) in [5.41, 5.74) is 2.57. The van der Waals surface area contributed by atoms with Crippen molar-refractivity contribution >= 4 is 0 Å². The van der Waals surface area contributed by atoms with Gasteiger partial charge in [0.2, 0.25) is 0 Å². The molecule has 1 aromatic carbocycles. The van der Waals surface area contributed by atoms with Crippen molar-refractivity contribution in [1.82, 2.24) is 0 Å². The third-order valence-corrected chi connectivity index (χ3v) is 2.23. The fourth-order valence-corrected chi connectivity index (χ4v) is 1.31. The molecule has 0 heterocycles. The molecule has 0 aliphatic rings. The minimum Gasteiger partial charge on any atom is -0.396 e. The molecule has 72 valence electrons. The first-order valence-corrected chi connectivity index (χ1v) is 4.70. The van der Waals surface area contributed by atoms with E-state index < -0.39 is 0 Å². The van der Waals surface area contributed by atoms with Crippen molar-refractivity contribution in [2.45, 2.75) is 27.2 Å². The zero-order valence-electron chi connectivity index (χ0n) is 8.67. The Morgan fingerprint density at radius 3 is 2.15 bits per heavy atom. The third kappa shape index (κ3) is 3.19. The Hall–Kier alpha value is -0.820. The van der Waals surface area contributed by atoms with Gasteiger partial charge in [0.25, 0.3) is 0 Å². The first kappa shape index (κ1) is 10.3. The summed E-state index contributed by atoms with van der Waals surface area (Å²) in [5, 5.41) is 9.11. The van der Waals surface area contributed by atoms with Gasteiger partial charge in [0.15, 0.2) is 0 Å². The van der Waals surface area contributed by atoms with Gasteiger partial charge in [0.05, 0.1) is 0 Å². The quantitative estimate of drug-likeness (QED) is 0.754. The van der Waals surface area contributed by atoms with Gasteiger partial charge in [-0.15, -0.1) is 0 Å². The van der Waals surface area contributed by atoms with Crippen LogP contribution in [0.1, 0.15) is 25.0 Å². The molecule has 0 radical (unpaired) electrons. The lowest BCUT2D eigenvalue weighted by molar-refractivity contribution is 0.159. The van der Waals surface area contributed by atoms with Crippen LogP contribution in [-0.2, 0) is 6.42 Å². The molecule has 1 aromatic rings. The molecule has 0 saturated carbocycles. The van der Waals surface area contributed by atoms with E-state index in [1.807, 2.05) is 0 Å². The number of hydrogen-bond donors (Lipinski definition) is 1. The van der Waals surface area contributed by atoms with Crippen LogP contribution in [0.4, 0.5) is 0 Å². The van der Waals surface area contributed by atoms with Gasteiger partial charge in [-0.1, -0.05) is 43.7 Å². The van der Waals surface area contributed by atoms with Crippen LogP contribution >= 0.6 is 0 Å². The summed E-state index contributed by atoms with van der Waals surface area (Å²) in [4.78, 5) is 0. The van der Waals surface area contributed by atoms with Crippen LogP contribution in [0.25, 0.3) is 0 Å². The normalized spacial score (nSPS) is 11.7. The fraction of sp³-hybridized carbons (Fsp3) is 0.500. The third-order valence-electron chi connectivity index (χ3n) is 2.23. The Balaban J connectivity index is 2.69. The first-order chi connectivity index (χ1) is 6.03. The van der Waals surface area contributed by atoms with E-state index >= 15 is 0 Å². The Kier molecular flexibility index (Phi) is 3.10. The molecule has 0 fully saturated rings. The van der Waals surface area contributed by atoms with E-state index in [0.29, 0.717) is 0 Å². The highest BCUT2D eigenvalue weighted by Gasteiger charge is 2.16. The molecule has 1 heteroatoms. The summed E-state index contributed by atoms with van der Waals surface area (Å²) < 4.78 is 0. The second-order valence-corrected chi connectivity index (χ2v) is 4.48. The zero-order chi connectivity index (χ0) is 9.90. The topological polar surface area (TPSA) is 20.2 Å². The van der Waals surface area contributed by atoms with Gasteiger partial charge in [-0.3, -0.25) is 0 Å². The molecular formula is C12H18O. The Morgan fingerprint density at radius 2 is 1.69 bits per heavy atom. The summed E-state index contributed by atoms with van der Waals surface area (Å²) >= 11 is 0. The zero-order valence-corrected chi connectivity index (χ0v) is 8.67. The number of aryl methyl sites for hydroxylation is 1. The Morgan fingerprint density at radius 1 is 1.15 bits per heavy atom. The van der Waals surface area contributed by atoms with Gasteiger partial charge in [-0.2, -0.15) is 0 Å². The summed E-state index contributed by atoms with van der Waals surface area (Å²) in [5.74, 6) is 0. The minimum absolute atomic E-state index is 0.00470. The average Bonchev–Trinajstić information content (AvgIpc) is 2.09. The number of aliphatic hydroxyl groups excluding tert-OH is 1. The van der Waals surface area contributed by atoms with Crippen molar-refractivity contribution < 1.29 is 5.11 Å². The van der Waals surface area contributed by atoms with Crippen LogP contribution in [0.5, 0.6) is 0 Å². The molecule has 13 heavy (non-hydrogen) atoms. The number of rotatable bonds is 3. The predicted octanol–water partition coefficient (Wildman–Crippen LogP) is 2.56. The van der Waals surface area contributed by atoms with Crippen molar-refractivity contribution in [1.29, 1.82) is 0 Å². The highest BCUT2D eigenvalue weighted by Crippen LogP contribution is 2.20. The standard InChI is InChI=1S/C12H18O/c1-10-4-6-11(7-5-10)8-12(2,3)9-13/h4-7,13H,8-9H2,1-3H3. The van der Waals surface area contributed by atoms with Gasteiger partial charge < -0.3 is 5.11 Å². The maximum atomic E-state index is 9.11. The highest BCUT2D eigenvalue weighted by molar-refractivity contribution is 5.22. The van der Waals surface area contributed by atoms with E-state index in [1.165, 1.54) is 11.1 Å². The van der Waals surface area contributed by atoms with Crippen molar-refractivity contribution in [2.24, 2.45) is 5.41 Å². The molecule has 0 unspecified atom stereocenters. The molecule has 0 aromatic heterocycles. The van der Waals surface area contributed by atoms with Crippen LogP contribution in [0.3, 0.4) is 0 Å². The fourth-order valence-electron chi connectivity index (χ4n) is 1.31. The van der Waals surface area contributed by atoms with Crippen LogP contribution in [-0.4, -0.2) is 11.7 Å². The number of aliphatic hydroxyl groups is 1. The maximum absolute atomic E-state index is 9.11. The van der Waals surface area contributed by atoms with Crippen LogP contribution < -0.4 is 0 Å². The predicted molar refractivity (Wildman–Crippen MR) is 55.7 cm³/mol. The molecule has 0 aliphatic carbocycles. The SMILES string of the molecule is Cc1ccc(CC(C)(C)CO)cc1. The van der Waals surface area contributed by atoms with Gasteiger partial charge in [-0.05, 0) is 24.3 Å². The summed E-state index contributed by atoms with van der Waals surface area (Å²) in [6, 6.07) is 8.49. The van der Waals surface area contributed by atoms with Gasteiger partial charge in [0.1, 0.15) is 0 Å². The molecule has 1 rings (SSSR count).